The zero-order valence-corrected chi connectivity index (χ0v) is 12.5. The van der Waals surface area contributed by atoms with Crippen LogP contribution < -0.4 is 15.2 Å². The minimum atomic E-state index is -3.39. The maximum absolute atomic E-state index is 11.5. The van der Waals surface area contributed by atoms with Crippen molar-refractivity contribution < 1.29 is 22.4 Å². The van der Waals surface area contributed by atoms with Crippen LogP contribution in [0.2, 0.25) is 0 Å². The molecule has 1 aromatic carbocycles. The van der Waals surface area contributed by atoms with Crippen molar-refractivity contribution in [1.82, 2.24) is 0 Å². The van der Waals surface area contributed by atoms with Gasteiger partial charge in [0.1, 0.15) is 11.1 Å². The molecule has 0 aliphatic rings. The van der Waals surface area contributed by atoms with Gasteiger partial charge >= 0.3 is 0 Å². The first-order valence-electron chi connectivity index (χ1n) is 6.28. The van der Waals surface area contributed by atoms with Crippen molar-refractivity contribution in [2.75, 3.05) is 17.6 Å². The third kappa shape index (κ3) is 3.46. The van der Waals surface area contributed by atoms with Crippen LogP contribution in [-0.4, -0.2) is 27.2 Å². The molecular weight excluding hydrogens is 296 g/mol. The van der Waals surface area contributed by atoms with Gasteiger partial charge in [-0.2, -0.15) is 0 Å². The number of hydrogen-bond acceptors (Lipinski definition) is 5. The van der Waals surface area contributed by atoms with Crippen LogP contribution in [0, 0.1) is 0 Å². The van der Waals surface area contributed by atoms with E-state index in [0.29, 0.717) is 23.3 Å². The molecule has 0 saturated carbocycles. The van der Waals surface area contributed by atoms with E-state index in [1.54, 1.807) is 6.07 Å². The number of carbonyl (C=O) groups is 1. The number of sulfonamides is 1. The molecule has 0 atom stereocenters. The van der Waals surface area contributed by atoms with E-state index in [-0.39, 0.29) is 11.5 Å². The summed E-state index contributed by atoms with van der Waals surface area (Å²) in [6, 6.07) is 4.56. The molecule has 2 rings (SSSR count). The molecule has 114 valence electrons. The Hall–Kier alpha value is -2.22. The predicted molar refractivity (Wildman–Crippen MR) is 79.0 cm³/mol. The van der Waals surface area contributed by atoms with Crippen molar-refractivity contribution >= 4 is 32.6 Å². The van der Waals surface area contributed by atoms with E-state index >= 15 is 0 Å². The minimum absolute atomic E-state index is 0.0517. The molecule has 0 aliphatic carbocycles. The zero-order valence-electron chi connectivity index (χ0n) is 11.7. The number of nitrogens with two attached hydrogens (primary N) is 1. The number of amides is 1. The first kappa shape index (κ1) is 15.2. The fourth-order valence-electron chi connectivity index (χ4n) is 1.88. The van der Waals surface area contributed by atoms with Crippen LogP contribution in [0.4, 0.5) is 5.69 Å². The summed E-state index contributed by atoms with van der Waals surface area (Å²) in [4.78, 5) is 11.5. The van der Waals surface area contributed by atoms with Crippen LogP contribution in [0.1, 0.15) is 23.7 Å². The molecule has 2 aromatic rings. The quantitative estimate of drug-likeness (QED) is 0.843. The summed E-state index contributed by atoms with van der Waals surface area (Å²) < 4.78 is 35.6. The maximum Gasteiger partial charge on any atom is 0.298 e. The topological polar surface area (TPSA) is 112 Å². The fraction of sp³-hybridized carbons (Fsp3) is 0.308. The molecular formula is C13H16N2O5S. The lowest BCUT2D eigenvalue weighted by atomic mass is 10.1. The molecule has 0 spiro atoms. The summed E-state index contributed by atoms with van der Waals surface area (Å²) >= 11 is 0. The van der Waals surface area contributed by atoms with E-state index in [1.165, 1.54) is 12.1 Å². The second-order valence-corrected chi connectivity index (χ2v) is 6.31. The molecule has 3 N–H and O–H groups in total. The highest BCUT2D eigenvalue weighted by molar-refractivity contribution is 7.92. The number of ether oxygens (including phenoxy) is 1. The van der Waals surface area contributed by atoms with Crippen molar-refractivity contribution in [3.05, 3.63) is 23.8 Å². The summed E-state index contributed by atoms with van der Waals surface area (Å²) in [7, 11) is -3.39. The Balaban J connectivity index is 2.51. The van der Waals surface area contributed by atoms with Gasteiger partial charge in [0.2, 0.25) is 10.0 Å². The lowest BCUT2D eigenvalue weighted by molar-refractivity contribution is 0.0994. The molecule has 0 radical (unpaired) electrons. The van der Waals surface area contributed by atoms with Crippen molar-refractivity contribution in [3.63, 3.8) is 0 Å². The van der Waals surface area contributed by atoms with E-state index in [4.69, 9.17) is 14.9 Å². The first-order valence-corrected chi connectivity index (χ1v) is 8.18. The summed E-state index contributed by atoms with van der Waals surface area (Å²) in [6.45, 7) is 2.30. The summed E-state index contributed by atoms with van der Waals surface area (Å²) in [5, 5.41) is 0.479. The number of furan rings is 1. The summed E-state index contributed by atoms with van der Waals surface area (Å²) in [5.41, 5.74) is 6.16. The van der Waals surface area contributed by atoms with Gasteiger partial charge in [0, 0.05) is 11.5 Å². The Bertz CT molecular complexity index is 779. The average molecular weight is 312 g/mol. The second kappa shape index (κ2) is 5.65. The molecule has 8 heteroatoms. The number of benzene rings is 1. The van der Waals surface area contributed by atoms with Crippen molar-refractivity contribution in [1.29, 1.82) is 0 Å². The molecule has 1 heterocycles. The highest BCUT2D eigenvalue weighted by atomic mass is 32.2. The number of carbonyl (C=O) groups excluding carboxylic acids is 1. The van der Waals surface area contributed by atoms with Crippen LogP contribution in [0.25, 0.3) is 11.0 Å². The molecule has 0 fully saturated rings. The van der Waals surface area contributed by atoms with Gasteiger partial charge in [0.05, 0.1) is 18.6 Å². The van der Waals surface area contributed by atoms with Gasteiger partial charge in [0.25, 0.3) is 11.9 Å². The Morgan fingerprint density at radius 1 is 1.43 bits per heavy atom. The van der Waals surface area contributed by atoms with Gasteiger partial charge in [-0.15, -0.1) is 0 Å². The number of nitrogens with one attached hydrogen (secondary N) is 1. The molecule has 0 bridgehead atoms. The summed E-state index contributed by atoms with van der Waals surface area (Å²) in [5.74, 6) is -0.612. The van der Waals surface area contributed by atoms with E-state index < -0.39 is 15.9 Å². The van der Waals surface area contributed by atoms with Crippen molar-refractivity contribution in [2.45, 2.75) is 13.3 Å². The fourth-order valence-corrected chi connectivity index (χ4v) is 2.44. The number of hydrogen-bond donors (Lipinski definition) is 2. The molecule has 0 unspecified atom stereocenters. The number of fused-ring (bicyclic) bond motifs is 1. The van der Waals surface area contributed by atoms with Gasteiger partial charge in [-0.1, -0.05) is 6.92 Å². The average Bonchev–Trinajstić information content (AvgIpc) is 2.71. The van der Waals surface area contributed by atoms with Gasteiger partial charge in [0.15, 0.2) is 0 Å². The largest absolute Gasteiger partial charge is 0.465 e. The first-order chi connectivity index (χ1) is 9.81. The lowest BCUT2D eigenvalue weighted by Crippen LogP contribution is -2.12. The smallest absolute Gasteiger partial charge is 0.298 e. The van der Waals surface area contributed by atoms with Crippen LogP contribution in [0.15, 0.2) is 22.6 Å². The molecule has 21 heavy (non-hydrogen) atoms. The molecule has 1 aromatic heterocycles. The Labute approximate surface area is 122 Å². The van der Waals surface area contributed by atoms with Gasteiger partial charge in [-0.3, -0.25) is 9.52 Å². The van der Waals surface area contributed by atoms with E-state index in [2.05, 4.69) is 4.72 Å². The third-order valence-electron chi connectivity index (χ3n) is 2.64. The normalized spacial score (nSPS) is 11.5. The number of rotatable bonds is 6. The standard InChI is InChI=1S/C13H16N2O5S/c1-3-6-19-13-11(12(14)16)9-5-4-8(7-10(9)20-13)15-21(2,17)18/h4-5,7,15H,3,6H2,1-2H3,(H2,14,16). The van der Waals surface area contributed by atoms with E-state index in [0.717, 1.165) is 12.7 Å². The highest BCUT2D eigenvalue weighted by Crippen LogP contribution is 2.33. The van der Waals surface area contributed by atoms with Crippen molar-refractivity contribution in [3.8, 4) is 5.95 Å². The number of anilines is 1. The second-order valence-electron chi connectivity index (χ2n) is 4.56. The Kier molecular flexibility index (Phi) is 4.08. The zero-order chi connectivity index (χ0) is 15.6. The highest BCUT2D eigenvalue weighted by Gasteiger charge is 2.20. The van der Waals surface area contributed by atoms with Crippen LogP contribution in [0.5, 0.6) is 5.95 Å². The lowest BCUT2D eigenvalue weighted by Gasteiger charge is -2.02. The van der Waals surface area contributed by atoms with E-state index in [9.17, 15) is 13.2 Å². The van der Waals surface area contributed by atoms with Crippen LogP contribution in [0.3, 0.4) is 0 Å². The van der Waals surface area contributed by atoms with E-state index in [1.807, 2.05) is 6.92 Å². The van der Waals surface area contributed by atoms with Gasteiger partial charge < -0.3 is 14.9 Å². The van der Waals surface area contributed by atoms with Gasteiger partial charge in [-0.05, 0) is 18.6 Å². The Morgan fingerprint density at radius 3 is 2.71 bits per heavy atom. The number of primary amides is 1. The van der Waals surface area contributed by atoms with Crippen molar-refractivity contribution in [2.24, 2.45) is 5.73 Å². The monoisotopic (exact) mass is 312 g/mol. The minimum Gasteiger partial charge on any atom is -0.465 e. The van der Waals surface area contributed by atoms with Crippen LogP contribution >= 0.6 is 0 Å². The van der Waals surface area contributed by atoms with Gasteiger partial charge in [-0.25, -0.2) is 8.42 Å². The molecule has 1 amide bonds. The van der Waals surface area contributed by atoms with Crippen LogP contribution in [-0.2, 0) is 10.0 Å². The predicted octanol–water partition coefficient (Wildman–Crippen LogP) is 1.69. The maximum atomic E-state index is 11.5. The third-order valence-corrected chi connectivity index (χ3v) is 3.25. The Morgan fingerprint density at radius 2 is 2.14 bits per heavy atom. The molecule has 0 aliphatic heterocycles. The summed E-state index contributed by atoms with van der Waals surface area (Å²) in [6.07, 6.45) is 1.79. The SMILES string of the molecule is CCCOc1oc2cc(NS(C)(=O)=O)ccc2c1C(N)=O. The molecule has 0 saturated heterocycles. The molecule has 7 nitrogen and oxygen atoms in total.